The van der Waals surface area contributed by atoms with Gasteiger partial charge >= 0.3 is 0 Å². The van der Waals surface area contributed by atoms with E-state index < -0.39 is 0 Å². The molecule has 0 bridgehead atoms. The number of aromatic nitrogens is 4. The van der Waals surface area contributed by atoms with Gasteiger partial charge in [0.25, 0.3) is 5.91 Å². The second kappa shape index (κ2) is 6.92. The number of anilines is 1. The summed E-state index contributed by atoms with van der Waals surface area (Å²) in [4.78, 5) is 24.3. The van der Waals surface area contributed by atoms with Gasteiger partial charge in [-0.25, -0.2) is 9.97 Å². The fraction of sp³-hybridized carbons (Fsp3) is 0.579. The van der Waals surface area contributed by atoms with Gasteiger partial charge in [-0.05, 0) is 24.3 Å². The molecule has 0 saturated carbocycles. The fourth-order valence-corrected chi connectivity index (χ4v) is 3.91. The van der Waals surface area contributed by atoms with E-state index in [0.717, 1.165) is 43.1 Å². The number of ether oxygens (including phenoxy) is 1. The summed E-state index contributed by atoms with van der Waals surface area (Å²) in [5, 5.41) is 7.24. The van der Waals surface area contributed by atoms with Crippen molar-refractivity contribution in [1.82, 2.24) is 25.1 Å². The van der Waals surface area contributed by atoms with Crippen molar-refractivity contribution in [3.8, 4) is 0 Å². The number of carbonyl (C=O) groups excluding carboxylic acids is 1. The second-order valence-corrected chi connectivity index (χ2v) is 8.08. The maximum atomic E-state index is 12.7. The van der Waals surface area contributed by atoms with Crippen molar-refractivity contribution in [2.45, 2.75) is 32.7 Å². The average Bonchev–Trinajstić information content (AvgIpc) is 3.07. The number of aryl methyl sites for hydroxylation is 1. The Hall–Kier alpha value is -2.48. The van der Waals surface area contributed by atoms with Crippen molar-refractivity contribution in [2.75, 3.05) is 31.2 Å². The highest BCUT2D eigenvalue weighted by Crippen LogP contribution is 2.40. The minimum Gasteiger partial charge on any atom is -0.378 e. The quantitative estimate of drug-likeness (QED) is 0.881. The Morgan fingerprint density at radius 1 is 1.33 bits per heavy atom. The first-order valence-electron chi connectivity index (χ1n) is 9.40. The van der Waals surface area contributed by atoms with Gasteiger partial charge in [-0.2, -0.15) is 5.10 Å². The molecule has 1 amide bonds. The molecule has 144 valence electrons. The van der Waals surface area contributed by atoms with Gasteiger partial charge in [0, 0.05) is 38.1 Å². The zero-order valence-electron chi connectivity index (χ0n) is 16.1. The summed E-state index contributed by atoms with van der Waals surface area (Å²) in [6, 6.07) is 1.62. The monoisotopic (exact) mass is 370 g/mol. The van der Waals surface area contributed by atoms with Crippen molar-refractivity contribution >= 4 is 11.9 Å². The second-order valence-electron chi connectivity index (χ2n) is 8.08. The van der Waals surface area contributed by atoms with E-state index in [1.165, 1.54) is 0 Å². The van der Waals surface area contributed by atoms with Crippen molar-refractivity contribution in [3.05, 3.63) is 35.4 Å². The summed E-state index contributed by atoms with van der Waals surface area (Å²) < 4.78 is 7.01. The molecule has 2 aromatic rings. The number of nitrogens with one attached hydrogen (secondary N) is 1. The molecule has 1 fully saturated rings. The summed E-state index contributed by atoms with van der Waals surface area (Å²) in [5.74, 6) is 0.632. The summed E-state index contributed by atoms with van der Waals surface area (Å²) in [5.41, 5.74) is 2.64. The molecule has 4 rings (SSSR count). The topological polar surface area (TPSA) is 85.2 Å². The van der Waals surface area contributed by atoms with Crippen LogP contribution >= 0.6 is 0 Å². The molecule has 8 nitrogen and oxygen atoms in total. The van der Waals surface area contributed by atoms with E-state index in [9.17, 15) is 4.79 Å². The number of carbonyl (C=O) groups is 1. The van der Waals surface area contributed by atoms with Gasteiger partial charge in [-0.3, -0.25) is 9.48 Å². The van der Waals surface area contributed by atoms with Gasteiger partial charge < -0.3 is 15.0 Å². The van der Waals surface area contributed by atoms with Crippen molar-refractivity contribution in [1.29, 1.82) is 0 Å². The van der Waals surface area contributed by atoms with Gasteiger partial charge in [0.15, 0.2) is 0 Å². The molecular formula is C19H26N6O2. The van der Waals surface area contributed by atoms with Crippen LogP contribution in [-0.2, 0) is 18.2 Å². The lowest BCUT2D eigenvalue weighted by Crippen LogP contribution is -2.40. The van der Waals surface area contributed by atoms with E-state index in [-0.39, 0.29) is 17.4 Å². The largest absolute Gasteiger partial charge is 0.378 e. The lowest BCUT2D eigenvalue weighted by atomic mass is 9.74. The Labute approximate surface area is 158 Å². The first-order chi connectivity index (χ1) is 12.9. The van der Waals surface area contributed by atoms with Crippen LogP contribution in [0.15, 0.2) is 18.5 Å². The third kappa shape index (κ3) is 3.66. The molecule has 1 aliphatic carbocycles. The van der Waals surface area contributed by atoms with Crippen LogP contribution in [0.4, 0.5) is 5.95 Å². The predicted octanol–water partition coefficient (Wildman–Crippen LogP) is 1.49. The number of nitrogens with zero attached hydrogens (tertiary/aromatic N) is 5. The molecule has 1 N–H and O–H groups in total. The molecule has 0 aromatic carbocycles. The summed E-state index contributed by atoms with van der Waals surface area (Å²) in [6.07, 6.45) is 5.24. The van der Waals surface area contributed by atoms with Crippen LogP contribution in [0.5, 0.6) is 0 Å². The van der Waals surface area contributed by atoms with Gasteiger partial charge in [-0.1, -0.05) is 13.8 Å². The third-order valence-electron chi connectivity index (χ3n) is 5.32. The first kappa shape index (κ1) is 17.9. The Bertz CT molecular complexity index is 840. The molecule has 8 heteroatoms. The SMILES string of the molecule is Cn1nccc1C(=O)N[C@H]1CC(C)(C)Cc2nc(N3CCOCC3)ncc21. The Balaban J connectivity index is 1.61. The highest BCUT2D eigenvalue weighted by Gasteiger charge is 2.35. The van der Waals surface area contributed by atoms with E-state index >= 15 is 0 Å². The zero-order chi connectivity index (χ0) is 19.0. The van der Waals surface area contributed by atoms with E-state index in [1.807, 2.05) is 6.20 Å². The van der Waals surface area contributed by atoms with Crippen LogP contribution in [0.2, 0.25) is 0 Å². The van der Waals surface area contributed by atoms with Crippen LogP contribution in [0.25, 0.3) is 0 Å². The molecule has 3 heterocycles. The normalized spacial score (nSPS) is 21.6. The zero-order valence-corrected chi connectivity index (χ0v) is 16.1. The minimum absolute atomic E-state index is 0.0496. The lowest BCUT2D eigenvalue weighted by Gasteiger charge is -2.37. The number of hydrogen-bond donors (Lipinski definition) is 1. The standard InChI is InChI=1S/C19H26N6O2/c1-19(2)10-14(22-17(26)16-4-5-21-24(16)3)13-12-20-18(23-15(13)11-19)25-6-8-27-9-7-25/h4-5,12,14H,6-11H2,1-3H3,(H,22,26)/t14-/m0/s1. The van der Waals surface area contributed by atoms with Crippen molar-refractivity contribution in [3.63, 3.8) is 0 Å². The smallest absolute Gasteiger partial charge is 0.270 e. The van der Waals surface area contributed by atoms with Gasteiger partial charge in [0.1, 0.15) is 5.69 Å². The van der Waals surface area contributed by atoms with Crippen molar-refractivity contribution in [2.24, 2.45) is 12.5 Å². The van der Waals surface area contributed by atoms with Gasteiger partial charge in [0.05, 0.1) is 24.9 Å². The van der Waals surface area contributed by atoms with E-state index in [2.05, 4.69) is 34.1 Å². The Kier molecular flexibility index (Phi) is 4.59. The first-order valence-corrected chi connectivity index (χ1v) is 9.40. The highest BCUT2D eigenvalue weighted by atomic mass is 16.5. The molecule has 0 unspecified atom stereocenters. The lowest BCUT2D eigenvalue weighted by molar-refractivity contribution is 0.0909. The average molecular weight is 370 g/mol. The molecular weight excluding hydrogens is 344 g/mol. The van der Waals surface area contributed by atoms with E-state index in [1.54, 1.807) is 24.0 Å². The van der Waals surface area contributed by atoms with Gasteiger partial charge in [-0.15, -0.1) is 0 Å². The van der Waals surface area contributed by atoms with Crippen molar-refractivity contribution < 1.29 is 9.53 Å². The summed E-state index contributed by atoms with van der Waals surface area (Å²) in [6.45, 7) is 7.46. The Morgan fingerprint density at radius 2 is 2.11 bits per heavy atom. The number of rotatable bonds is 3. The van der Waals surface area contributed by atoms with E-state index in [4.69, 9.17) is 9.72 Å². The molecule has 1 aliphatic heterocycles. The number of hydrogen-bond acceptors (Lipinski definition) is 6. The molecule has 0 radical (unpaired) electrons. The van der Waals surface area contributed by atoms with Crippen LogP contribution < -0.4 is 10.2 Å². The maximum Gasteiger partial charge on any atom is 0.270 e. The molecule has 2 aliphatic rings. The number of morpholine rings is 1. The Morgan fingerprint density at radius 3 is 2.81 bits per heavy atom. The molecule has 0 spiro atoms. The fourth-order valence-electron chi connectivity index (χ4n) is 3.91. The highest BCUT2D eigenvalue weighted by molar-refractivity contribution is 5.92. The molecule has 2 aromatic heterocycles. The van der Waals surface area contributed by atoms with Gasteiger partial charge in [0.2, 0.25) is 5.95 Å². The summed E-state index contributed by atoms with van der Waals surface area (Å²) in [7, 11) is 1.77. The molecule has 1 saturated heterocycles. The minimum atomic E-state index is -0.124. The van der Waals surface area contributed by atoms with E-state index in [0.29, 0.717) is 18.9 Å². The molecule has 27 heavy (non-hydrogen) atoms. The molecule has 1 atom stereocenters. The maximum absolute atomic E-state index is 12.7. The van der Waals surface area contributed by atoms with Crippen LogP contribution in [0.3, 0.4) is 0 Å². The number of amides is 1. The summed E-state index contributed by atoms with van der Waals surface area (Å²) >= 11 is 0. The van der Waals surface area contributed by atoms with Crippen LogP contribution in [-0.4, -0.2) is 52.0 Å². The third-order valence-corrected chi connectivity index (χ3v) is 5.32. The predicted molar refractivity (Wildman–Crippen MR) is 101 cm³/mol. The number of fused-ring (bicyclic) bond motifs is 1. The van der Waals surface area contributed by atoms with Crippen LogP contribution in [0.1, 0.15) is 48.1 Å². The van der Waals surface area contributed by atoms with Crippen LogP contribution in [0, 0.1) is 5.41 Å².